The summed E-state index contributed by atoms with van der Waals surface area (Å²) in [4.78, 5) is 0. The van der Waals surface area contributed by atoms with E-state index in [1.165, 1.54) is 5.56 Å². The molecule has 0 spiro atoms. The van der Waals surface area contributed by atoms with E-state index in [4.69, 9.17) is 0 Å². The zero-order chi connectivity index (χ0) is 15.1. The van der Waals surface area contributed by atoms with Crippen LogP contribution in [0.3, 0.4) is 0 Å². The number of nitrogens with one attached hydrogen (secondary N) is 1. The van der Waals surface area contributed by atoms with Crippen LogP contribution in [0.2, 0.25) is 0 Å². The summed E-state index contributed by atoms with van der Waals surface area (Å²) in [5, 5.41) is 17.6. The van der Waals surface area contributed by atoms with Gasteiger partial charge in [-0.15, -0.1) is 0 Å². The van der Waals surface area contributed by atoms with E-state index in [2.05, 4.69) is 48.5 Å². The van der Waals surface area contributed by atoms with Crippen LogP contribution in [0, 0.1) is 5.92 Å². The molecule has 2 N–H and O–H groups in total. The lowest BCUT2D eigenvalue weighted by Crippen LogP contribution is -2.32. The average molecular weight is 287 g/mol. The summed E-state index contributed by atoms with van der Waals surface area (Å²) in [6.07, 6.45) is 5.49. The molecule has 0 radical (unpaired) electrons. The van der Waals surface area contributed by atoms with Crippen molar-refractivity contribution in [1.82, 2.24) is 15.1 Å². The molecule has 0 fully saturated rings. The SMILES string of the molecule is CCC(CC)C(O)CNCc1ccc(-n2cccn2)cc1. The number of hydrogen-bond donors (Lipinski definition) is 2. The molecule has 0 bridgehead atoms. The molecule has 0 aliphatic carbocycles. The molecule has 0 saturated carbocycles. The lowest BCUT2D eigenvalue weighted by Gasteiger charge is -2.20. The van der Waals surface area contributed by atoms with Crippen LogP contribution in [0.4, 0.5) is 0 Å². The van der Waals surface area contributed by atoms with Crippen LogP contribution in [0.5, 0.6) is 0 Å². The first-order chi connectivity index (χ1) is 10.2. The number of aliphatic hydroxyl groups excluding tert-OH is 1. The van der Waals surface area contributed by atoms with Gasteiger partial charge in [0.15, 0.2) is 0 Å². The molecule has 1 aromatic heterocycles. The van der Waals surface area contributed by atoms with E-state index in [1.54, 1.807) is 6.20 Å². The highest BCUT2D eigenvalue weighted by Crippen LogP contribution is 2.13. The van der Waals surface area contributed by atoms with E-state index in [0.717, 1.165) is 25.1 Å². The van der Waals surface area contributed by atoms with Gasteiger partial charge in [0.2, 0.25) is 0 Å². The van der Waals surface area contributed by atoms with Gasteiger partial charge < -0.3 is 10.4 Å². The zero-order valence-corrected chi connectivity index (χ0v) is 12.9. The molecule has 1 atom stereocenters. The van der Waals surface area contributed by atoms with Gasteiger partial charge in [0, 0.05) is 25.5 Å². The number of aliphatic hydroxyl groups is 1. The van der Waals surface area contributed by atoms with Gasteiger partial charge in [-0.3, -0.25) is 0 Å². The summed E-state index contributed by atoms with van der Waals surface area (Å²) in [7, 11) is 0. The minimum Gasteiger partial charge on any atom is -0.392 e. The molecule has 1 aromatic carbocycles. The zero-order valence-electron chi connectivity index (χ0n) is 12.9. The molecule has 0 aliphatic rings. The Morgan fingerprint density at radius 2 is 1.90 bits per heavy atom. The van der Waals surface area contributed by atoms with Crippen molar-refractivity contribution in [2.24, 2.45) is 5.92 Å². The van der Waals surface area contributed by atoms with E-state index in [0.29, 0.717) is 12.5 Å². The first-order valence-electron chi connectivity index (χ1n) is 7.72. The van der Waals surface area contributed by atoms with Gasteiger partial charge in [-0.1, -0.05) is 38.8 Å². The number of aromatic nitrogens is 2. The maximum Gasteiger partial charge on any atom is 0.0692 e. The van der Waals surface area contributed by atoms with Gasteiger partial charge >= 0.3 is 0 Å². The van der Waals surface area contributed by atoms with Crippen LogP contribution in [-0.2, 0) is 6.54 Å². The predicted molar refractivity (Wildman–Crippen MR) is 85.3 cm³/mol. The van der Waals surface area contributed by atoms with Gasteiger partial charge in [-0.05, 0) is 29.7 Å². The Balaban J connectivity index is 1.81. The van der Waals surface area contributed by atoms with Crippen LogP contribution in [0.15, 0.2) is 42.7 Å². The lowest BCUT2D eigenvalue weighted by atomic mass is 9.96. The molecule has 21 heavy (non-hydrogen) atoms. The van der Waals surface area contributed by atoms with E-state index < -0.39 is 0 Å². The summed E-state index contributed by atoms with van der Waals surface area (Å²) in [5.41, 5.74) is 2.27. The number of hydrogen-bond acceptors (Lipinski definition) is 3. The Morgan fingerprint density at radius 3 is 2.48 bits per heavy atom. The van der Waals surface area contributed by atoms with E-state index in [-0.39, 0.29) is 6.10 Å². The van der Waals surface area contributed by atoms with Crippen molar-refractivity contribution in [3.8, 4) is 5.69 Å². The maximum atomic E-state index is 10.1. The predicted octanol–water partition coefficient (Wildman–Crippen LogP) is 2.76. The quantitative estimate of drug-likeness (QED) is 0.785. The fourth-order valence-corrected chi connectivity index (χ4v) is 2.55. The molecule has 1 heterocycles. The Bertz CT molecular complexity index is 503. The summed E-state index contributed by atoms with van der Waals surface area (Å²) in [6, 6.07) is 10.2. The van der Waals surface area contributed by atoms with E-state index >= 15 is 0 Å². The number of benzene rings is 1. The topological polar surface area (TPSA) is 50.1 Å². The fraction of sp³-hybridized carbons (Fsp3) is 0.471. The highest BCUT2D eigenvalue weighted by Gasteiger charge is 2.14. The normalized spacial score (nSPS) is 12.8. The Kier molecular flexibility index (Phi) is 5.96. The standard InChI is InChI=1S/C17H25N3O/c1-3-15(4-2)17(21)13-18-12-14-6-8-16(9-7-14)20-11-5-10-19-20/h5-11,15,17-18,21H,3-4,12-13H2,1-2H3. The lowest BCUT2D eigenvalue weighted by molar-refractivity contribution is 0.101. The van der Waals surface area contributed by atoms with Crippen LogP contribution in [0.1, 0.15) is 32.3 Å². The second-order valence-corrected chi connectivity index (χ2v) is 5.39. The highest BCUT2D eigenvalue weighted by atomic mass is 16.3. The van der Waals surface area contributed by atoms with Gasteiger partial charge in [-0.25, -0.2) is 4.68 Å². The molecule has 0 saturated heterocycles. The monoisotopic (exact) mass is 287 g/mol. The van der Waals surface area contributed by atoms with E-state index in [9.17, 15) is 5.11 Å². The Labute approximate surface area is 126 Å². The third kappa shape index (κ3) is 4.41. The largest absolute Gasteiger partial charge is 0.392 e. The van der Waals surface area contributed by atoms with Crippen LogP contribution in [-0.4, -0.2) is 27.5 Å². The van der Waals surface area contributed by atoms with Crippen LogP contribution < -0.4 is 5.32 Å². The second kappa shape index (κ2) is 7.96. The number of rotatable bonds is 8. The molecule has 0 amide bonds. The molecule has 1 unspecified atom stereocenters. The van der Waals surface area contributed by atoms with Crippen molar-refractivity contribution in [1.29, 1.82) is 0 Å². The summed E-state index contributed by atoms with van der Waals surface area (Å²) < 4.78 is 1.84. The highest BCUT2D eigenvalue weighted by molar-refractivity contribution is 5.33. The fourth-order valence-electron chi connectivity index (χ4n) is 2.55. The Morgan fingerprint density at radius 1 is 1.19 bits per heavy atom. The third-order valence-electron chi connectivity index (χ3n) is 3.98. The van der Waals surface area contributed by atoms with Crippen molar-refractivity contribution in [2.45, 2.75) is 39.3 Å². The minimum atomic E-state index is -0.261. The molecular formula is C17H25N3O. The van der Waals surface area contributed by atoms with Gasteiger partial charge in [-0.2, -0.15) is 5.10 Å². The molecule has 114 valence electrons. The summed E-state index contributed by atoms with van der Waals surface area (Å²) in [5.74, 6) is 0.389. The molecule has 0 aliphatic heterocycles. The van der Waals surface area contributed by atoms with Crippen molar-refractivity contribution >= 4 is 0 Å². The molecular weight excluding hydrogens is 262 g/mol. The van der Waals surface area contributed by atoms with Gasteiger partial charge in [0.25, 0.3) is 0 Å². The average Bonchev–Trinajstić information content (AvgIpc) is 3.03. The third-order valence-corrected chi connectivity index (χ3v) is 3.98. The molecule has 2 aromatic rings. The van der Waals surface area contributed by atoms with Crippen molar-refractivity contribution in [2.75, 3.05) is 6.54 Å². The molecule has 4 heteroatoms. The number of nitrogens with zero attached hydrogens (tertiary/aromatic N) is 2. The van der Waals surface area contributed by atoms with Crippen molar-refractivity contribution in [3.63, 3.8) is 0 Å². The molecule has 2 rings (SSSR count). The van der Waals surface area contributed by atoms with Crippen LogP contribution >= 0.6 is 0 Å². The first kappa shape index (κ1) is 15.7. The van der Waals surface area contributed by atoms with Gasteiger partial charge in [0.05, 0.1) is 11.8 Å². The first-order valence-corrected chi connectivity index (χ1v) is 7.72. The van der Waals surface area contributed by atoms with Crippen molar-refractivity contribution < 1.29 is 5.11 Å². The Hall–Kier alpha value is -1.65. The molecule has 4 nitrogen and oxygen atoms in total. The summed E-state index contributed by atoms with van der Waals surface area (Å²) >= 11 is 0. The maximum absolute atomic E-state index is 10.1. The minimum absolute atomic E-state index is 0.261. The van der Waals surface area contributed by atoms with Crippen molar-refractivity contribution in [3.05, 3.63) is 48.3 Å². The second-order valence-electron chi connectivity index (χ2n) is 5.39. The summed E-state index contributed by atoms with van der Waals surface area (Å²) in [6.45, 7) is 5.68. The van der Waals surface area contributed by atoms with E-state index in [1.807, 2.05) is 16.9 Å². The van der Waals surface area contributed by atoms with Crippen LogP contribution in [0.25, 0.3) is 5.69 Å². The van der Waals surface area contributed by atoms with Gasteiger partial charge in [0.1, 0.15) is 0 Å². The smallest absolute Gasteiger partial charge is 0.0692 e.